The van der Waals surface area contributed by atoms with Crippen LogP contribution in [0.1, 0.15) is 36.5 Å². The number of halogens is 2. The molecule has 0 radical (unpaired) electrons. The fourth-order valence-electron chi connectivity index (χ4n) is 2.90. The van der Waals surface area contributed by atoms with Gasteiger partial charge in [0, 0.05) is 24.7 Å². The van der Waals surface area contributed by atoms with Crippen LogP contribution in [0.2, 0.25) is 5.02 Å². The molecule has 1 saturated heterocycles. The Bertz CT molecular complexity index is 555. The molecule has 1 aliphatic heterocycles. The number of ether oxygens (including phenoxy) is 2. The molecular formula is C17H26Cl2N2O3. The van der Waals surface area contributed by atoms with Crippen molar-refractivity contribution >= 4 is 29.9 Å². The van der Waals surface area contributed by atoms with Gasteiger partial charge in [-0.15, -0.1) is 12.4 Å². The first-order valence-corrected chi connectivity index (χ1v) is 8.46. The summed E-state index contributed by atoms with van der Waals surface area (Å²) in [4.78, 5) is 14.7. The molecule has 0 saturated carbocycles. The van der Waals surface area contributed by atoms with E-state index >= 15 is 0 Å². The summed E-state index contributed by atoms with van der Waals surface area (Å²) in [6.45, 7) is 4.15. The van der Waals surface area contributed by atoms with Gasteiger partial charge in [-0.3, -0.25) is 4.79 Å². The van der Waals surface area contributed by atoms with Gasteiger partial charge in [-0.05, 0) is 38.4 Å². The number of hydrogen-bond acceptors (Lipinski definition) is 4. The van der Waals surface area contributed by atoms with Crippen molar-refractivity contribution in [1.82, 2.24) is 10.2 Å². The van der Waals surface area contributed by atoms with Gasteiger partial charge in [-0.25, -0.2) is 0 Å². The van der Waals surface area contributed by atoms with Gasteiger partial charge in [-0.1, -0.05) is 18.5 Å². The Morgan fingerprint density at radius 1 is 1.46 bits per heavy atom. The minimum absolute atomic E-state index is 0. The minimum atomic E-state index is -0.00927. The molecule has 0 aliphatic carbocycles. The van der Waals surface area contributed by atoms with Gasteiger partial charge in [0.2, 0.25) is 0 Å². The number of methoxy groups -OCH3 is 1. The van der Waals surface area contributed by atoms with Crippen LogP contribution in [0.25, 0.3) is 0 Å². The number of benzene rings is 1. The van der Waals surface area contributed by atoms with E-state index in [1.165, 1.54) is 0 Å². The first kappa shape index (κ1) is 20.9. The highest BCUT2D eigenvalue weighted by Crippen LogP contribution is 2.37. The van der Waals surface area contributed by atoms with E-state index in [0.717, 1.165) is 32.4 Å². The molecule has 0 spiro atoms. The van der Waals surface area contributed by atoms with Gasteiger partial charge in [-0.2, -0.15) is 0 Å². The molecule has 1 aromatic rings. The molecule has 1 N–H and O–H groups in total. The second-order valence-corrected chi connectivity index (χ2v) is 6.10. The van der Waals surface area contributed by atoms with E-state index < -0.39 is 0 Å². The van der Waals surface area contributed by atoms with Gasteiger partial charge in [0.25, 0.3) is 5.91 Å². The van der Waals surface area contributed by atoms with E-state index in [-0.39, 0.29) is 24.4 Å². The highest BCUT2D eigenvalue weighted by atomic mass is 35.5. The zero-order chi connectivity index (χ0) is 16.8. The molecule has 7 heteroatoms. The molecule has 1 aliphatic rings. The summed E-state index contributed by atoms with van der Waals surface area (Å²) in [7, 11) is 3.46. The predicted octanol–water partition coefficient (Wildman–Crippen LogP) is 3.38. The molecule has 136 valence electrons. The SMILES string of the molecule is CCCOc1c(Cl)cc(C(=O)N2CCCC2CNC)cc1OC.Cl. The summed E-state index contributed by atoms with van der Waals surface area (Å²) in [6, 6.07) is 3.62. The summed E-state index contributed by atoms with van der Waals surface area (Å²) in [5.74, 6) is 0.990. The highest BCUT2D eigenvalue weighted by Gasteiger charge is 2.29. The van der Waals surface area contributed by atoms with Crippen LogP contribution in [0.3, 0.4) is 0 Å². The molecule has 1 fully saturated rings. The minimum Gasteiger partial charge on any atom is -0.493 e. The molecule has 1 atom stereocenters. The van der Waals surface area contributed by atoms with Crippen LogP contribution >= 0.6 is 24.0 Å². The molecule has 1 heterocycles. The maximum atomic E-state index is 12.8. The van der Waals surface area contributed by atoms with E-state index in [2.05, 4.69) is 5.32 Å². The Balaban J connectivity index is 0.00000288. The van der Waals surface area contributed by atoms with E-state index in [0.29, 0.717) is 28.7 Å². The van der Waals surface area contributed by atoms with Crippen molar-refractivity contribution in [2.75, 3.05) is 33.9 Å². The Morgan fingerprint density at radius 2 is 2.21 bits per heavy atom. The fraction of sp³-hybridized carbons (Fsp3) is 0.588. The summed E-state index contributed by atoms with van der Waals surface area (Å²) in [6.07, 6.45) is 2.93. The molecule has 0 bridgehead atoms. The molecular weight excluding hydrogens is 351 g/mol. The third kappa shape index (κ3) is 4.68. The summed E-state index contributed by atoms with van der Waals surface area (Å²) in [5.41, 5.74) is 0.540. The van der Waals surface area contributed by atoms with Gasteiger partial charge >= 0.3 is 0 Å². The van der Waals surface area contributed by atoms with Gasteiger partial charge in [0.15, 0.2) is 11.5 Å². The lowest BCUT2D eigenvalue weighted by Crippen LogP contribution is -2.40. The van der Waals surface area contributed by atoms with Crippen molar-refractivity contribution < 1.29 is 14.3 Å². The molecule has 1 amide bonds. The average Bonchev–Trinajstić information content (AvgIpc) is 3.01. The molecule has 2 rings (SSSR count). The second kappa shape index (κ2) is 9.97. The number of nitrogens with zero attached hydrogens (tertiary/aromatic N) is 1. The lowest BCUT2D eigenvalue weighted by Gasteiger charge is -2.25. The molecule has 1 unspecified atom stereocenters. The van der Waals surface area contributed by atoms with Crippen molar-refractivity contribution in [3.8, 4) is 11.5 Å². The quantitative estimate of drug-likeness (QED) is 0.792. The predicted molar refractivity (Wildman–Crippen MR) is 99.0 cm³/mol. The number of nitrogens with one attached hydrogen (secondary N) is 1. The number of hydrogen-bond donors (Lipinski definition) is 1. The first-order chi connectivity index (χ1) is 11.1. The van der Waals surface area contributed by atoms with Crippen molar-refractivity contribution in [2.45, 2.75) is 32.2 Å². The Labute approximate surface area is 155 Å². The van der Waals surface area contributed by atoms with Crippen LogP contribution in [0.4, 0.5) is 0 Å². The summed E-state index contributed by atoms with van der Waals surface area (Å²) < 4.78 is 11.0. The topological polar surface area (TPSA) is 50.8 Å². The van der Waals surface area contributed by atoms with Crippen molar-refractivity contribution in [3.63, 3.8) is 0 Å². The molecule has 0 aromatic heterocycles. The monoisotopic (exact) mass is 376 g/mol. The fourth-order valence-corrected chi connectivity index (χ4v) is 3.17. The van der Waals surface area contributed by atoms with Crippen LogP contribution in [-0.2, 0) is 0 Å². The highest BCUT2D eigenvalue weighted by molar-refractivity contribution is 6.32. The Kier molecular flexibility index (Phi) is 8.67. The smallest absolute Gasteiger partial charge is 0.254 e. The van der Waals surface area contributed by atoms with E-state index in [9.17, 15) is 4.79 Å². The Morgan fingerprint density at radius 3 is 2.83 bits per heavy atom. The lowest BCUT2D eigenvalue weighted by molar-refractivity contribution is 0.0736. The third-order valence-electron chi connectivity index (χ3n) is 4.00. The number of rotatable bonds is 7. The average molecular weight is 377 g/mol. The molecule has 5 nitrogen and oxygen atoms in total. The van der Waals surface area contributed by atoms with Gasteiger partial charge in [0.1, 0.15) is 0 Å². The maximum absolute atomic E-state index is 12.8. The number of carbonyl (C=O) groups excluding carboxylic acids is 1. The zero-order valence-electron chi connectivity index (χ0n) is 14.4. The largest absolute Gasteiger partial charge is 0.493 e. The maximum Gasteiger partial charge on any atom is 0.254 e. The van der Waals surface area contributed by atoms with Crippen molar-refractivity contribution in [3.05, 3.63) is 22.7 Å². The summed E-state index contributed by atoms with van der Waals surface area (Å²) in [5, 5.41) is 3.56. The van der Waals surface area contributed by atoms with Crippen molar-refractivity contribution in [2.24, 2.45) is 0 Å². The number of amides is 1. The van der Waals surface area contributed by atoms with Gasteiger partial charge in [0.05, 0.1) is 18.7 Å². The van der Waals surface area contributed by atoms with Crippen LogP contribution in [0, 0.1) is 0 Å². The van der Waals surface area contributed by atoms with E-state index in [1.54, 1.807) is 19.2 Å². The number of carbonyl (C=O) groups is 1. The lowest BCUT2D eigenvalue weighted by atomic mass is 10.1. The van der Waals surface area contributed by atoms with Crippen LogP contribution in [0.5, 0.6) is 11.5 Å². The third-order valence-corrected chi connectivity index (χ3v) is 4.29. The standard InChI is InChI=1S/C17H25ClN2O3.ClH/c1-4-8-23-16-14(18)9-12(10-15(16)22-3)17(21)20-7-5-6-13(20)11-19-2;/h9-10,13,19H,4-8,11H2,1-3H3;1H. The molecule has 1 aromatic carbocycles. The van der Waals surface area contributed by atoms with Crippen LogP contribution in [-0.4, -0.2) is 50.7 Å². The van der Waals surface area contributed by atoms with E-state index in [4.69, 9.17) is 21.1 Å². The molecule has 24 heavy (non-hydrogen) atoms. The van der Waals surface area contributed by atoms with Gasteiger partial charge < -0.3 is 19.7 Å². The number of likely N-dealkylation sites (tertiary alicyclic amines) is 1. The van der Waals surface area contributed by atoms with Crippen molar-refractivity contribution in [1.29, 1.82) is 0 Å². The van der Waals surface area contributed by atoms with Crippen LogP contribution in [0.15, 0.2) is 12.1 Å². The normalized spacial score (nSPS) is 16.7. The first-order valence-electron chi connectivity index (χ1n) is 8.08. The van der Waals surface area contributed by atoms with E-state index in [1.807, 2.05) is 18.9 Å². The second-order valence-electron chi connectivity index (χ2n) is 5.69. The van der Waals surface area contributed by atoms with Crippen LogP contribution < -0.4 is 14.8 Å². The summed E-state index contributed by atoms with van der Waals surface area (Å²) >= 11 is 6.31. The Hall–Kier alpha value is -1.17. The number of likely N-dealkylation sites (N-methyl/N-ethyl adjacent to an activating group) is 1. The zero-order valence-corrected chi connectivity index (χ0v) is 16.0.